The van der Waals surface area contributed by atoms with Crippen LogP contribution in [0.4, 0.5) is 17.6 Å². The molecule has 1 aromatic carbocycles. The summed E-state index contributed by atoms with van der Waals surface area (Å²) in [4.78, 5) is -0.957. The summed E-state index contributed by atoms with van der Waals surface area (Å²) in [6.45, 7) is 1.09. The molecule has 0 radical (unpaired) electrons. The minimum absolute atomic E-state index is 0.188. The third-order valence-electron chi connectivity index (χ3n) is 3.16. The van der Waals surface area contributed by atoms with E-state index in [-0.39, 0.29) is 6.07 Å². The number of alkyl halides is 3. The fraction of sp³-hybridized carbons (Fsp3) is 0.500. The molecule has 2 N–H and O–H groups in total. The smallest absolute Gasteiger partial charge is 0.315 e. The lowest BCUT2D eigenvalue weighted by molar-refractivity contribution is -0.140. The SMILES string of the molecule is O=S(=O)(N[C@H]1CCCNC1)c1ccc(F)cc1C(F)(F)F. The van der Waals surface area contributed by atoms with Crippen LogP contribution in [0.2, 0.25) is 0 Å². The van der Waals surface area contributed by atoms with Crippen LogP contribution in [0.1, 0.15) is 18.4 Å². The second-order valence-electron chi connectivity index (χ2n) is 4.80. The average Bonchev–Trinajstić information content (AvgIpc) is 2.38. The molecule has 1 aromatic rings. The summed E-state index contributed by atoms with van der Waals surface area (Å²) < 4.78 is 78.1. The van der Waals surface area contributed by atoms with Gasteiger partial charge in [0.05, 0.1) is 10.5 Å². The van der Waals surface area contributed by atoms with Gasteiger partial charge in [-0.15, -0.1) is 0 Å². The molecule has 118 valence electrons. The van der Waals surface area contributed by atoms with Crippen molar-refractivity contribution >= 4 is 10.0 Å². The van der Waals surface area contributed by atoms with Crippen molar-refractivity contribution in [1.29, 1.82) is 0 Å². The van der Waals surface area contributed by atoms with Gasteiger partial charge in [0.25, 0.3) is 0 Å². The molecule has 2 rings (SSSR count). The van der Waals surface area contributed by atoms with Crippen molar-refractivity contribution in [2.45, 2.75) is 30.0 Å². The Labute approximate surface area is 119 Å². The highest BCUT2D eigenvalue weighted by atomic mass is 32.2. The van der Waals surface area contributed by atoms with Gasteiger partial charge in [0.15, 0.2) is 0 Å². The Kier molecular flexibility index (Phi) is 4.54. The zero-order valence-corrected chi connectivity index (χ0v) is 11.7. The van der Waals surface area contributed by atoms with E-state index >= 15 is 0 Å². The lowest BCUT2D eigenvalue weighted by atomic mass is 10.1. The molecule has 1 saturated heterocycles. The number of nitrogens with one attached hydrogen (secondary N) is 2. The number of hydrogen-bond donors (Lipinski definition) is 2. The summed E-state index contributed by atoms with van der Waals surface area (Å²) in [6.07, 6.45) is -3.69. The molecule has 1 aliphatic heterocycles. The lowest BCUT2D eigenvalue weighted by Crippen LogP contribution is -2.45. The molecule has 0 unspecified atom stereocenters. The van der Waals surface area contributed by atoms with Crippen LogP contribution in [0.3, 0.4) is 0 Å². The van der Waals surface area contributed by atoms with E-state index in [9.17, 15) is 26.0 Å². The highest BCUT2D eigenvalue weighted by molar-refractivity contribution is 7.89. The monoisotopic (exact) mass is 326 g/mol. The molecule has 1 fully saturated rings. The van der Waals surface area contributed by atoms with Gasteiger partial charge < -0.3 is 5.32 Å². The van der Waals surface area contributed by atoms with Crippen LogP contribution < -0.4 is 10.0 Å². The maximum atomic E-state index is 13.0. The zero-order chi connectivity index (χ0) is 15.7. The summed E-state index contributed by atoms with van der Waals surface area (Å²) in [5, 5.41) is 2.95. The molecule has 0 saturated carbocycles. The second kappa shape index (κ2) is 5.90. The first-order valence-electron chi connectivity index (χ1n) is 6.30. The topological polar surface area (TPSA) is 58.2 Å². The summed E-state index contributed by atoms with van der Waals surface area (Å²) in [7, 11) is -4.37. The Morgan fingerprint density at radius 2 is 2.00 bits per heavy atom. The van der Waals surface area contributed by atoms with E-state index in [1.165, 1.54) is 0 Å². The minimum atomic E-state index is -4.95. The Hall–Kier alpha value is -1.19. The van der Waals surface area contributed by atoms with Gasteiger partial charge >= 0.3 is 6.18 Å². The van der Waals surface area contributed by atoms with Crippen LogP contribution >= 0.6 is 0 Å². The van der Waals surface area contributed by atoms with Gasteiger partial charge in [0, 0.05) is 12.6 Å². The molecule has 1 atom stereocenters. The van der Waals surface area contributed by atoms with Crippen LogP contribution in [-0.4, -0.2) is 27.5 Å². The molecular weight excluding hydrogens is 312 g/mol. The third kappa shape index (κ3) is 3.92. The normalized spacial score (nSPS) is 20.5. The third-order valence-corrected chi connectivity index (χ3v) is 4.73. The lowest BCUT2D eigenvalue weighted by Gasteiger charge is -2.24. The fourth-order valence-corrected chi connectivity index (χ4v) is 3.67. The second-order valence-corrected chi connectivity index (χ2v) is 6.49. The Morgan fingerprint density at radius 3 is 2.57 bits per heavy atom. The molecule has 1 aliphatic rings. The maximum Gasteiger partial charge on any atom is 0.417 e. The van der Waals surface area contributed by atoms with Gasteiger partial charge in [-0.2, -0.15) is 13.2 Å². The molecule has 0 spiro atoms. The van der Waals surface area contributed by atoms with Crippen LogP contribution in [0.5, 0.6) is 0 Å². The standard InChI is InChI=1S/C12H14F4N2O2S/c13-8-3-4-11(10(6-8)12(14,15)16)21(19,20)18-9-2-1-5-17-7-9/h3-4,6,9,17-18H,1-2,5,7H2/t9-/m0/s1. The molecular formula is C12H14F4N2O2S. The van der Waals surface area contributed by atoms with Crippen LogP contribution in [0.15, 0.2) is 23.1 Å². The highest BCUT2D eigenvalue weighted by Gasteiger charge is 2.38. The maximum absolute atomic E-state index is 13.0. The zero-order valence-electron chi connectivity index (χ0n) is 10.9. The van der Waals surface area contributed by atoms with Crippen molar-refractivity contribution in [1.82, 2.24) is 10.0 Å². The number of piperidine rings is 1. The predicted molar refractivity (Wildman–Crippen MR) is 67.6 cm³/mol. The van der Waals surface area contributed by atoms with Gasteiger partial charge in [-0.25, -0.2) is 17.5 Å². The summed E-state index contributed by atoms with van der Waals surface area (Å²) in [5.41, 5.74) is -1.50. The minimum Gasteiger partial charge on any atom is -0.315 e. The average molecular weight is 326 g/mol. The van der Waals surface area contributed by atoms with Crippen LogP contribution in [0, 0.1) is 5.82 Å². The number of rotatable bonds is 3. The molecule has 0 aliphatic carbocycles. The first-order chi connectivity index (χ1) is 9.70. The van der Waals surface area contributed by atoms with E-state index < -0.39 is 38.5 Å². The van der Waals surface area contributed by atoms with E-state index in [0.29, 0.717) is 25.1 Å². The van der Waals surface area contributed by atoms with E-state index in [2.05, 4.69) is 10.0 Å². The van der Waals surface area contributed by atoms with Crippen LogP contribution in [0.25, 0.3) is 0 Å². The summed E-state index contributed by atoms with van der Waals surface area (Å²) >= 11 is 0. The molecule has 0 amide bonds. The number of hydrogen-bond acceptors (Lipinski definition) is 3. The van der Waals surface area contributed by atoms with Crippen molar-refractivity contribution in [3.63, 3.8) is 0 Å². The van der Waals surface area contributed by atoms with Gasteiger partial charge in [-0.05, 0) is 37.6 Å². The van der Waals surface area contributed by atoms with Gasteiger partial charge in [-0.1, -0.05) is 0 Å². The fourth-order valence-electron chi connectivity index (χ4n) is 2.19. The molecule has 4 nitrogen and oxygen atoms in total. The number of halogens is 4. The molecule has 21 heavy (non-hydrogen) atoms. The summed E-state index contributed by atoms with van der Waals surface area (Å²) in [5.74, 6) is -1.14. The summed E-state index contributed by atoms with van der Waals surface area (Å²) in [6, 6.07) is 1.04. The number of benzene rings is 1. The van der Waals surface area contributed by atoms with Crippen molar-refractivity contribution in [3.8, 4) is 0 Å². The molecule has 0 aromatic heterocycles. The molecule has 9 heteroatoms. The van der Waals surface area contributed by atoms with Crippen molar-refractivity contribution in [3.05, 3.63) is 29.6 Å². The molecule has 1 heterocycles. The van der Waals surface area contributed by atoms with E-state index in [4.69, 9.17) is 0 Å². The van der Waals surface area contributed by atoms with E-state index in [0.717, 1.165) is 13.0 Å². The van der Waals surface area contributed by atoms with E-state index in [1.54, 1.807) is 0 Å². The predicted octanol–water partition coefficient (Wildman–Crippen LogP) is 1.87. The molecule has 0 bridgehead atoms. The quantitative estimate of drug-likeness (QED) is 0.834. The van der Waals surface area contributed by atoms with Gasteiger partial charge in [0.1, 0.15) is 5.82 Å². The van der Waals surface area contributed by atoms with Crippen LogP contribution in [-0.2, 0) is 16.2 Å². The van der Waals surface area contributed by atoms with E-state index in [1.807, 2.05) is 0 Å². The largest absolute Gasteiger partial charge is 0.417 e. The van der Waals surface area contributed by atoms with Gasteiger partial charge in [0.2, 0.25) is 10.0 Å². The Bertz CT molecular complexity index is 610. The number of sulfonamides is 1. The first kappa shape index (κ1) is 16.2. The van der Waals surface area contributed by atoms with Crippen molar-refractivity contribution in [2.24, 2.45) is 0 Å². The van der Waals surface area contributed by atoms with Gasteiger partial charge in [-0.3, -0.25) is 0 Å². The first-order valence-corrected chi connectivity index (χ1v) is 7.78. The Morgan fingerprint density at radius 1 is 1.29 bits per heavy atom. The van der Waals surface area contributed by atoms with Crippen molar-refractivity contribution < 1.29 is 26.0 Å². The van der Waals surface area contributed by atoms with Crippen molar-refractivity contribution in [2.75, 3.05) is 13.1 Å². The Balaban J connectivity index is 2.35. The highest BCUT2D eigenvalue weighted by Crippen LogP contribution is 2.34.